The Kier molecular flexibility index (Phi) is 5.36. The molecule has 0 saturated heterocycles. The van der Waals surface area contributed by atoms with Crippen LogP contribution in [0.15, 0.2) is 77.8 Å². The zero-order chi connectivity index (χ0) is 23.1. The molecule has 0 bridgehead atoms. The van der Waals surface area contributed by atoms with Gasteiger partial charge in [-0.1, -0.05) is 66.7 Å². The molecular formula is C30H31NO2. The second-order valence-corrected chi connectivity index (χ2v) is 10.2. The summed E-state index contributed by atoms with van der Waals surface area (Å²) < 4.78 is 12.7. The Labute approximate surface area is 196 Å². The van der Waals surface area contributed by atoms with Gasteiger partial charge in [0.05, 0.1) is 11.3 Å². The summed E-state index contributed by atoms with van der Waals surface area (Å²) in [5, 5.41) is 0. The molecule has 5 rings (SSSR count). The molecular weight excluding hydrogens is 406 g/mol. The zero-order valence-electron chi connectivity index (χ0n) is 19.9. The second kappa shape index (κ2) is 8.22. The van der Waals surface area contributed by atoms with Crippen LogP contribution in [0.25, 0.3) is 6.08 Å². The van der Waals surface area contributed by atoms with Crippen molar-refractivity contribution < 1.29 is 9.47 Å². The van der Waals surface area contributed by atoms with Gasteiger partial charge >= 0.3 is 0 Å². The lowest BCUT2D eigenvalue weighted by atomic mass is 9.81. The molecule has 168 valence electrons. The number of hydrogen-bond donors (Lipinski definition) is 0. The number of hydrogen-bond acceptors (Lipinski definition) is 3. The van der Waals surface area contributed by atoms with Crippen LogP contribution in [0.5, 0.6) is 11.5 Å². The molecule has 0 saturated carbocycles. The maximum atomic E-state index is 6.44. The average molecular weight is 438 g/mol. The Morgan fingerprint density at radius 2 is 1.64 bits per heavy atom. The van der Waals surface area contributed by atoms with Crippen molar-refractivity contribution >= 4 is 11.8 Å². The van der Waals surface area contributed by atoms with Crippen molar-refractivity contribution in [3.05, 3.63) is 101 Å². The van der Waals surface area contributed by atoms with E-state index >= 15 is 0 Å². The minimum Gasteiger partial charge on any atom is -0.486 e. The lowest BCUT2D eigenvalue weighted by molar-refractivity contribution is 0.133. The van der Waals surface area contributed by atoms with Gasteiger partial charge in [-0.2, -0.15) is 0 Å². The van der Waals surface area contributed by atoms with E-state index in [-0.39, 0.29) is 11.1 Å². The van der Waals surface area contributed by atoms with Crippen molar-refractivity contribution in [2.45, 2.75) is 51.7 Å². The molecule has 0 atom stereocenters. The van der Waals surface area contributed by atoms with Crippen molar-refractivity contribution in [3.8, 4) is 11.5 Å². The number of fused-ring (bicyclic) bond motifs is 3. The summed E-state index contributed by atoms with van der Waals surface area (Å²) in [6.45, 7) is 9.19. The number of benzene rings is 3. The van der Waals surface area contributed by atoms with Crippen LogP contribution in [0.2, 0.25) is 0 Å². The lowest BCUT2D eigenvalue weighted by Crippen LogP contribution is -2.30. The van der Waals surface area contributed by atoms with E-state index in [2.05, 4.69) is 88.4 Å². The third kappa shape index (κ3) is 4.45. The fourth-order valence-corrected chi connectivity index (χ4v) is 4.87. The monoisotopic (exact) mass is 437 g/mol. The highest BCUT2D eigenvalue weighted by molar-refractivity contribution is 6.16. The third-order valence-corrected chi connectivity index (χ3v) is 6.17. The maximum Gasteiger partial charge on any atom is 0.166 e. The lowest BCUT2D eigenvalue weighted by Gasteiger charge is -2.31. The predicted molar refractivity (Wildman–Crippen MR) is 136 cm³/mol. The van der Waals surface area contributed by atoms with Crippen LogP contribution < -0.4 is 9.47 Å². The Balaban J connectivity index is 1.54. The molecule has 3 heteroatoms. The molecule has 0 aromatic heterocycles. The molecule has 2 heterocycles. The molecule has 0 aliphatic carbocycles. The van der Waals surface area contributed by atoms with Crippen molar-refractivity contribution in [3.63, 3.8) is 0 Å². The molecule has 0 N–H and O–H groups in total. The van der Waals surface area contributed by atoms with Crippen molar-refractivity contribution in [2.24, 2.45) is 4.99 Å². The van der Waals surface area contributed by atoms with Gasteiger partial charge < -0.3 is 9.47 Å². The molecule has 0 spiro atoms. The molecule has 2 aliphatic rings. The second-order valence-electron chi connectivity index (χ2n) is 10.2. The van der Waals surface area contributed by atoms with Gasteiger partial charge in [0.1, 0.15) is 12.2 Å². The van der Waals surface area contributed by atoms with Crippen LogP contribution in [0.4, 0.5) is 0 Å². The summed E-state index contributed by atoms with van der Waals surface area (Å²) in [7, 11) is 0. The number of ether oxygens (including phenoxy) is 2. The first-order chi connectivity index (χ1) is 15.8. The van der Waals surface area contributed by atoms with Gasteiger partial charge in [-0.3, -0.25) is 4.99 Å². The maximum absolute atomic E-state index is 6.44. The van der Waals surface area contributed by atoms with E-state index in [4.69, 9.17) is 14.5 Å². The standard InChI is InChI=1S/C30H31NO2/c1-29(2)19-23-18-25(32-17-11-14-21-12-7-5-8-13-21)28-24(20-30(3,4)33-28)26(23)27(31-29)22-15-9-6-10-16-22/h5-16,18H,17,19-20H2,1-4H3/b14-11+. The van der Waals surface area contributed by atoms with Gasteiger partial charge in [-0.15, -0.1) is 0 Å². The fourth-order valence-electron chi connectivity index (χ4n) is 4.87. The molecule has 3 aromatic rings. The van der Waals surface area contributed by atoms with Crippen LogP contribution in [0.1, 0.15) is 55.5 Å². The third-order valence-electron chi connectivity index (χ3n) is 6.17. The predicted octanol–water partition coefficient (Wildman–Crippen LogP) is 6.66. The highest BCUT2D eigenvalue weighted by atomic mass is 16.5. The molecule has 3 nitrogen and oxygen atoms in total. The molecule has 33 heavy (non-hydrogen) atoms. The first-order valence-electron chi connectivity index (χ1n) is 11.7. The molecule has 3 aromatic carbocycles. The van der Waals surface area contributed by atoms with Crippen LogP contribution in [-0.2, 0) is 12.8 Å². The number of aliphatic imine (C=N–C) groups is 1. The van der Waals surface area contributed by atoms with Crippen LogP contribution >= 0.6 is 0 Å². The van der Waals surface area contributed by atoms with E-state index < -0.39 is 0 Å². The topological polar surface area (TPSA) is 30.8 Å². The normalized spacial score (nSPS) is 17.8. The smallest absolute Gasteiger partial charge is 0.166 e. The quantitative estimate of drug-likeness (QED) is 0.447. The van der Waals surface area contributed by atoms with E-state index in [1.54, 1.807) is 0 Å². The Morgan fingerprint density at radius 1 is 0.939 bits per heavy atom. The van der Waals surface area contributed by atoms with E-state index in [1.165, 1.54) is 22.3 Å². The average Bonchev–Trinajstić information content (AvgIpc) is 3.11. The van der Waals surface area contributed by atoms with E-state index in [0.29, 0.717) is 6.61 Å². The van der Waals surface area contributed by atoms with Crippen LogP contribution in [-0.4, -0.2) is 23.5 Å². The molecule has 0 amide bonds. The van der Waals surface area contributed by atoms with E-state index in [0.717, 1.165) is 35.6 Å². The highest BCUT2D eigenvalue weighted by Gasteiger charge is 2.39. The summed E-state index contributed by atoms with van der Waals surface area (Å²) in [6.07, 6.45) is 5.87. The molecule has 0 radical (unpaired) electrons. The largest absolute Gasteiger partial charge is 0.486 e. The van der Waals surface area contributed by atoms with Gasteiger partial charge in [0, 0.05) is 23.1 Å². The summed E-state index contributed by atoms with van der Waals surface area (Å²) >= 11 is 0. The summed E-state index contributed by atoms with van der Waals surface area (Å²) in [5.41, 5.74) is 6.67. The number of rotatable bonds is 5. The minimum atomic E-state index is -0.274. The first-order valence-corrected chi connectivity index (χ1v) is 11.7. The summed E-state index contributed by atoms with van der Waals surface area (Å²) in [4.78, 5) is 5.20. The van der Waals surface area contributed by atoms with Gasteiger partial charge in [-0.05, 0) is 57.4 Å². The van der Waals surface area contributed by atoms with Crippen LogP contribution in [0, 0.1) is 0 Å². The first kappa shape index (κ1) is 21.5. The summed E-state index contributed by atoms with van der Waals surface area (Å²) in [6, 6.07) is 23.0. The fraction of sp³-hybridized carbons (Fsp3) is 0.300. The van der Waals surface area contributed by atoms with Gasteiger partial charge in [0.25, 0.3) is 0 Å². The Bertz CT molecular complexity index is 1220. The van der Waals surface area contributed by atoms with Gasteiger partial charge in [0.2, 0.25) is 0 Å². The number of nitrogens with zero attached hydrogens (tertiary/aromatic N) is 1. The molecule has 0 fully saturated rings. The molecule has 2 aliphatic heterocycles. The Morgan fingerprint density at radius 3 is 2.36 bits per heavy atom. The Hall–Kier alpha value is -3.33. The zero-order valence-corrected chi connectivity index (χ0v) is 19.9. The van der Waals surface area contributed by atoms with Crippen molar-refractivity contribution in [1.29, 1.82) is 0 Å². The minimum absolute atomic E-state index is 0.175. The summed E-state index contributed by atoms with van der Waals surface area (Å²) in [5.74, 6) is 1.70. The van der Waals surface area contributed by atoms with E-state index in [9.17, 15) is 0 Å². The van der Waals surface area contributed by atoms with Crippen molar-refractivity contribution in [2.75, 3.05) is 6.61 Å². The van der Waals surface area contributed by atoms with Crippen molar-refractivity contribution in [1.82, 2.24) is 0 Å². The van der Waals surface area contributed by atoms with E-state index in [1.807, 2.05) is 18.2 Å². The van der Waals surface area contributed by atoms with Gasteiger partial charge in [-0.25, -0.2) is 0 Å². The van der Waals surface area contributed by atoms with Crippen LogP contribution in [0.3, 0.4) is 0 Å². The molecule has 0 unspecified atom stereocenters. The highest BCUT2D eigenvalue weighted by Crippen LogP contribution is 2.48. The van der Waals surface area contributed by atoms with Gasteiger partial charge in [0.15, 0.2) is 11.5 Å². The SMILES string of the molecule is CC1(C)Cc2cc(OC/C=C/c3ccccc3)c3c(c2C(c2ccccc2)=N1)CC(C)(C)O3.